The minimum Gasteiger partial charge on any atom is -0.469 e. The van der Waals surface area contributed by atoms with Crippen LogP contribution in [0.2, 0.25) is 0 Å². The molecule has 0 aliphatic carbocycles. The average molecular weight is 232 g/mol. The minimum absolute atomic E-state index is 0.0151. The summed E-state index contributed by atoms with van der Waals surface area (Å²) in [6, 6.07) is 7.88. The zero-order valence-corrected chi connectivity index (χ0v) is 9.89. The first kappa shape index (κ1) is 11.9. The molecule has 0 bridgehead atoms. The maximum atomic E-state index is 11.2. The summed E-state index contributed by atoms with van der Waals surface area (Å²) in [5.74, 6) is -0.220. The van der Waals surface area contributed by atoms with Crippen LogP contribution in [0.4, 0.5) is 0 Å². The molecule has 3 heteroatoms. The molecule has 1 aliphatic heterocycles. The molecule has 0 radical (unpaired) electrons. The van der Waals surface area contributed by atoms with Crippen LogP contribution in [0.3, 0.4) is 0 Å². The largest absolute Gasteiger partial charge is 0.469 e. The first-order valence-electron chi connectivity index (χ1n) is 5.73. The number of hydrogen-bond donors (Lipinski definition) is 0. The van der Waals surface area contributed by atoms with Gasteiger partial charge in [0.2, 0.25) is 0 Å². The van der Waals surface area contributed by atoms with Gasteiger partial charge >= 0.3 is 5.97 Å². The van der Waals surface area contributed by atoms with Crippen LogP contribution in [0, 0.1) is 0 Å². The highest BCUT2D eigenvalue weighted by Crippen LogP contribution is 2.23. The van der Waals surface area contributed by atoms with E-state index in [1.807, 2.05) is 24.3 Å². The molecule has 0 saturated heterocycles. The molecular formula is C14H16O3. The lowest BCUT2D eigenvalue weighted by molar-refractivity contribution is -0.139. The number of esters is 1. The van der Waals surface area contributed by atoms with Crippen molar-refractivity contribution in [2.45, 2.75) is 18.9 Å². The lowest BCUT2D eigenvalue weighted by Gasteiger charge is -2.18. The summed E-state index contributed by atoms with van der Waals surface area (Å²) in [6.45, 7) is 0.752. The summed E-state index contributed by atoms with van der Waals surface area (Å²) >= 11 is 0. The zero-order valence-electron chi connectivity index (χ0n) is 9.89. The van der Waals surface area contributed by atoms with Gasteiger partial charge in [0.05, 0.1) is 20.1 Å². The fourth-order valence-corrected chi connectivity index (χ4v) is 1.86. The fourth-order valence-electron chi connectivity index (χ4n) is 1.86. The van der Waals surface area contributed by atoms with Gasteiger partial charge in [0.15, 0.2) is 0 Å². The zero-order chi connectivity index (χ0) is 12.1. The normalized spacial score (nSPS) is 19.0. The third kappa shape index (κ3) is 3.17. The van der Waals surface area contributed by atoms with Crippen molar-refractivity contribution in [2.24, 2.45) is 0 Å². The number of ether oxygens (including phenoxy) is 2. The third-order valence-corrected chi connectivity index (χ3v) is 2.75. The van der Waals surface area contributed by atoms with Gasteiger partial charge in [0, 0.05) is 0 Å². The van der Waals surface area contributed by atoms with E-state index in [-0.39, 0.29) is 12.1 Å². The quantitative estimate of drug-likeness (QED) is 0.593. The SMILES string of the molecule is COC(=O)Cc1cccc(C2C=CCCO2)c1. The summed E-state index contributed by atoms with van der Waals surface area (Å²) in [5.41, 5.74) is 2.04. The number of carbonyl (C=O) groups excluding carboxylic acids is 1. The molecule has 0 aromatic heterocycles. The van der Waals surface area contributed by atoms with E-state index in [0.29, 0.717) is 6.42 Å². The van der Waals surface area contributed by atoms with Crippen molar-refractivity contribution in [1.82, 2.24) is 0 Å². The second-order valence-corrected chi connectivity index (χ2v) is 4.01. The lowest BCUT2D eigenvalue weighted by atomic mass is 10.0. The fraction of sp³-hybridized carbons (Fsp3) is 0.357. The van der Waals surface area contributed by atoms with E-state index in [1.54, 1.807) is 0 Å². The number of hydrogen-bond acceptors (Lipinski definition) is 3. The van der Waals surface area contributed by atoms with E-state index in [2.05, 4.69) is 16.9 Å². The molecule has 1 unspecified atom stereocenters. The van der Waals surface area contributed by atoms with Gasteiger partial charge in [-0.1, -0.05) is 36.4 Å². The molecule has 0 amide bonds. The van der Waals surface area contributed by atoms with E-state index < -0.39 is 0 Å². The molecule has 0 saturated carbocycles. The Balaban J connectivity index is 2.13. The van der Waals surface area contributed by atoms with Gasteiger partial charge in [-0.25, -0.2) is 0 Å². The Labute approximate surface area is 101 Å². The van der Waals surface area contributed by atoms with Crippen LogP contribution < -0.4 is 0 Å². The Kier molecular flexibility index (Phi) is 3.94. The summed E-state index contributed by atoms with van der Waals surface area (Å²) in [6.07, 6.45) is 5.47. The molecule has 1 aromatic carbocycles. The van der Waals surface area contributed by atoms with Gasteiger partial charge in [0.1, 0.15) is 6.10 Å². The van der Waals surface area contributed by atoms with Gasteiger partial charge in [-0.3, -0.25) is 4.79 Å². The summed E-state index contributed by atoms with van der Waals surface area (Å²) in [5, 5.41) is 0. The minimum atomic E-state index is -0.220. The van der Waals surface area contributed by atoms with Crippen LogP contribution in [0.15, 0.2) is 36.4 Å². The van der Waals surface area contributed by atoms with Crippen molar-refractivity contribution in [3.05, 3.63) is 47.5 Å². The van der Waals surface area contributed by atoms with E-state index in [9.17, 15) is 4.79 Å². The average Bonchev–Trinajstić information content (AvgIpc) is 2.40. The van der Waals surface area contributed by atoms with Crippen LogP contribution in [0.1, 0.15) is 23.7 Å². The molecule has 1 aliphatic rings. The Morgan fingerprint density at radius 1 is 1.53 bits per heavy atom. The van der Waals surface area contributed by atoms with E-state index in [4.69, 9.17) is 4.74 Å². The van der Waals surface area contributed by atoms with Crippen LogP contribution >= 0.6 is 0 Å². The molecule has 2 rings (SSSR count). The molecule has 0 fully saturated rings. The second kappa shape index (κ2) is 5.64. The topological polar surface area (TPSA) is 35.5 Å². The number of carbonyl (C=O) groups is 1. The lowest BCUT2D eigenvalue weighted by Crippen LogP contribution is -2.08. The summed E-state index contributed by atoms with van der Waals surface area (Å²) in [7, 11) is 1.40. The van der Waals surface area contributed by atoms with E-state index >= 15 is 0 Å². The van der Waals surface area contributed by atoms with E-state index in [1.165, 1.54) is 7.11 Å². The predicted octanol–water partition coefficient (Wildman–Crippen LogP) is 2.42. The second-order valence-electron chi connectivity index (χ2n) is 4.01. The smallest absolute Gasteiger partial charge is 0.309 e. The van der Waals surface area contributed by atoms with Crippen molar-refractivity contribution in [2.75, 3.05) is 13.7 Å². The first-order chi connectivity index (χ1) is 8.29. The van der Waals surface area contributed by atoms with Crippen LogP contribution in [0.5, 0.6) is 0 Å². The molecular weight excluding hydrogens is 216 g/mol. The summed E-state index contributed by atoms with van der Waals surface area (Å²) in [4.78, 5) is 11.2. The van der Waals surface area contributed by atoms with Crippen LogP contribution in [-0.2, 0) is 20.7 Å². The van der Waals surface area contributed by atoms with Gasteiger partial charge in [-0.2, -0.15) is 0 Å². The monoisotopic (exact) mass is 232 g/mol. The highest BCUT2D eigenvalue weighted by Gasteiger charge is 2.12. The summed E-state index contributed by atoms with van der Waals surface area (Å²) < 4.78 is 10.3. The van der Waals surface area contributed by atoms with Crippen LogP contribution in [-0.4, -0.2) is 19.7 Å². The standard InChI is InChI=1S/C14H16O3/c1-16-14(15)10-11-5-4-6-12(9-11)13-7-2-3-8-17-13/h2,4-7,9,13H,3,8,10H2,1H3. The van der Waals surface area contributed by atoms with Crippen molar-refractivity contribution < 1.29 is 14.3 Å². The van der Waals surface area contributed by atoms with Gasteiger partial charge in [-0.05, 0) is 17.5 Å². The Morgan fingerprint density at radius 3 is 3.12 bits per heavy atom. The van der Waals surface area contributed by atoms with Gasteiger partial charge in [-0.15, -0.1) is 0 Å². The van der Waals surface area contributed by atoms with Crippen molar-refractivity contribution >= 4 is 5.97 Å². The molecule has 0 N–H and O–H groups in total. The number of methoxy groups -OCH3 is 1. The molecule has 17 heavy (non-hydrogen) atoms. The first-order valence-corrected chi connectivity index (χ1v) is 5.73. The Hall–Kier alpha value is -1.61. The van der Waals surface area contributed by atoms with E-state index in [0.717, 1.165) is 24.2 Å². The molecule has 90 valence electrons. The van der Waals surface area contributed by atoms with Gasteiger partial charge < -0.3 is 9.47 Å². The number of benzene rings is 1. The molecule has 0 spiro atoms. The highest BCUT2D eigenvalue weighted by atomic mass is 16.5. The maximum Gasteiger partial charge on any atom is 0.309 e. The Bertz CT molecular complexity index is 423. The van der Waals surface area contributed by atoms with Crippen molar-refractivity contribution in [1.29, 1.82) is 0 Å². The molecule has 1 aromatic rings. The van der Waals surface area contributed by atoms with Crippen LogP contribution in [0.25, 0.3) is 0 Å². The highest BCUT2D eigenvalue weighted by molar-refractivity contribution is 5.72. The Morgan fingerprint density at radius 2 is 2.41 bits per heavy atom. The van der Waals surface area contributed by atoms with Crippen molar-refractivity contribution in [3.63, 3.8) is 0 Å². The molecule has 3 nitrogen and oxygen atoms in total. The predicted molar refractivity (Wildman–Crippen MR) is 64.6 cm³/mol. The van der Waals surface area contributed by atoms with Crippen molar-refractivity contribution in [3.8, 4) is 0 Å². The van der Waals surface area contributed by atoms with Gasteiger partial charge in [0.25, 0.3) is 0 Å². The molecule has 1 heterocycles. The number of rotatable bonds is 3. The maximum absolute atomic E-state index is 11.2. The third-order valence-electron chi connectivity index (χ3n) is 2.75. The molecule has 1 atom stereocenters.